The highest BCUT2D eigenvalue weighted by Gasteiger charge is 2.14. The van der Waals surface area contributed by atoms with Crippen molar-refractivity contribution in [1.82, 2.24) is 34.6 Å². The van der Waals surface area contributed by atoms with Gasteiger partial charge < -0.3 is 0 Å². The van der Waals surface area contributed by atoms with Gasteiger partial charge in [0, 0.05) is 30.6 Å². The van der Waals surface area contributed by atoms with Crippen molar-refractivity contribution in [1.29, 1.82) is 0 Å². The normalized spacial score (nSPS) is 11.3. The highest BCUT2D eigenvalue weighted by molar-refractivity contribution is 5.78. The van der Waals surface area contributed by atoms with Gasteiger partial charge in [0.2, 0.25) is 0 Å². The maximum Gasteiger partial charge on any atom is 0.0999 e. The van der Waals surface area contributed by atoms with Gasteiger partial charge in [-0.2, -0.15) is 15.3 Å². The molecule has 21 heavy (non-hydrogen) atoms. The van der Waals surface area contributed by atoms with E-state index in [2.05, 4.69) is 20.4 Å². The fourth-order valence-electron chi connectivity index (χ4n) is 2.50. The van der Waals surface area contributed by atoms with Gasteiger partial charge in [-0.3, -0.25) is 9.78 Å². The molecule has 1 N–H and O–H groups in total. The Kier molecular flexibility index (Phi) is 2.41. The second kappa shape index (κ2) is 4.27. The number of hydrogen-bond donors (Lipinski definition) is 1. The summed E-state index contributed by atoms with van der Waals surface area (Å²) >= 11 is 0. The van der Waals surface area contributed by atoms with Gasteiger partial charge in [-0.25, -0.2) is 9.50 Å². The van der Waals surface area contributed by atoms with E-state index < -0.39 is 0 Å². The molecule has 0 fully saturated rings. The van der Waals surface area contributed by atoms with E-state index in [9.17, 15) is 0 Å². The molecule has 0 aliphatic heterocycles. The van der Waals surface area contributed by atoms with E-state index in [0.717, 1.165) is 33.7 Å². The maximum atomic E-state index is 4.79. The highest BCUT2D eigenvalue weighted by atomic mass is 15.3. The Bertz CT molecular complexity index is 914. The van der Waals surface area contributed by atoms with E-state index in [4.69, 9.17) is 4.98 Å². The molecular weight excluding hydrogens is 266 g/mol. The first-order valence-electron chi connectivity index (χ1n) is 6.56. The molecule has 0 spiro atoms. The fourth-order valence-corrected chi connectivity index (χ4v) is 2.50. The third-order valence-corrected chi connectivity index (χ3v) is 3.45. The van der Waals surface area contributed by atoms with Crippen LogP contribution in [0.3, 0.4) is 0 Å². The van der Waals surface area contributed by atoms with Gasteiger partial charge >= 0.3 is 0 Å². The van der Waals surface area contributed by atoms with Crippen LogP contribution in [0.25, 0.3) is 28.0 Å². The zero-order valence-electron chi connectivity index (χ0n) is 11.6. The number of hydrogen-bond acceptors (Lipinski definition) is 4. The van der Waals surface area contributed by atoms with Crippen molar-refractivity contribution in [3.05, 3.63) is 42.7 Å². The summed E-state index contributed by atoms with van der Waals surface area (Å²) in [6, 6.07) is 1.94. The summed E-state index contributed by atoms with van der Waals surface area (Å²) in [6.07, 6.45) is 9.24. The average molecular weight is 279 g/mol. The van der Waals surface area contributed by atoms with Crippen molar-refractivity contribution >= 4 is 5.52 Å². The van der Waals surface area contributed by atoms with Crippen LogP contribution >= 0.6 is 0 Å². The predicted octanol–water partition coefficient (Wildman–Crippen LogP) is 1.83. The lowest BCUT2D eigenvalue weighted by Crippen LogP contribution is -1.96. The second-order valence-corrected chi connectivity index (χ2v) is 4.92. The van der Waals surface area contributed by atoms with E-state index in [1.54, 1.807) is 17.1 Å². The third-order valence-electron chi connectivity index (χ3n) is 3.45. The molecule has 7 nitrogen and oxygen atoms in total. The first-order chi connectivity index (χ1) is 10.2. The zero-order chi connectivity index (χ0) is 14.4. The fraction of sp³-hybridized carbons (Fsp3) is 0.143. The number of fused-ring (bicyclic) bond motifs is 1. The van der Waals surface area contributed by atoms with Gasteiger partial charge in [-0.15, -0.1) is 0 Å². The summed E-state index contributed by atoms with van der Waals surface area (Å²) < 4.78 is 3.62. The monoisotopic (exact) mass is 279 g/mol. The summed E-state index contributed by atoms with van der Waals surface area (Å²) in [7, 11) is 1.90. The molecule has 0 aromatic carbocycles. The van der Waals surface area contributed by atoms with Crippen LogP contribution in [0.2, 0.25) is 0 Å². The number of aryl methyl sites for hydroxylation is 2. The van der Waals surface area contributed by atoms with Crippen molar-refractivity contribution < 1.29 is 0 Å². The number of aromatic nitrogens is 7. The Morgan fingerprint density at radius 2 is 2.14 bits per heavy atom. The molecule has 0 radical (unpaired) electrons. The van der Waals surface area contributed by atoms with Crippen LogP contribution in [0.5, 0.6) is 0 Å². The second-order valence-electron chi connectivity index (χ2n) is 4.92. The van der Waals surface area contributed by atoms with Crippen molar-refractivity contribution in [3.63, 3.8) is 0 Å². The lowest BCUT2D eigenvalue weighted by molar-refractivity contribution is 0.756. The number of nitrogens with zero attached hydrogens (tertiary/aromatic N) is 6. The topological polar surface area (TPSA) is 76.7 Å². The molecule has 0 saturated carbocycles. The summed E-state index contributed by atoms with van der Waals surface area (Å²) in [5, 5.41) is 15.5. The smallest absolute Gasteiger partial charge is 0.0999 e. The number of nitrogens with one attached hydrogen (secondary N) is 1. The summed E-state index contributed by atoms with van der Waals surface area (Å²) in [5.41, 5.74) is 5.51. The lowest BCUT2D eigenvalue weighted by Gasteiger charge is -2.05. The summed E-state index contributed by atoms with van der Waals surface area (Å²) in [4.78, 5) is 4.79. The summed E-state index contributed by atoms with van der Waals surface area (Å²) in [5.74, 6) is 0. The molecule has 0 aliphatic carbocycles. The minimum Gasteiger partial charge on any atom is -0.285 e. The van der Waals surface area contributed by atoms with Crippen LogP contribution in [0.4, 0.5) is 0 Å². The minimum absolute atomic E-state index is 0.841. The van der Waals surface area contributed by atoms with Crippen LogP contribution < -0.4 is 0 Å². The van der Waals surface area contributed by atoms with Crippen LogP contribution in [-0.4, -0.2) is 34.6 Å². The van der Waals surface area contributed by atoms with Gasteiger partial charge in [-0.1, -0.05) is 0 Å². The number of rotatable bonds is 2. The molecule has 0 amide bonds. The molecule has 4 rings (SSSR count). The highest BCUT2D eigenvalue weighted by Crippen LogP contribution is 2.27. The van der Waals surface area contributed by atoms with Crippen molar-refractivity contribution in [3.8, 4) is 22.5 Å². The van der Waals surface area contributed by atoms with Crippen LogP contribution in [0.1, 0.15) is 5.69 Å². The van der Waals surface area contributed by atoms with Crippen LogP contribution in [0.15, 0.2) is 37.1 Å². The van der Waals surface area contributed by atoms with E-state index in [1.165, 1.54) is 0 Å². The quantitative estimate of drug-likeness (QED) is 0.607. The van der Waals surface area contributed by atoms with E-state index in [-0.39, 0.29) is 0 Å². The first kappa shape index (κ1) is 11.8. The molecule has 4 aromatic rings. The molecule has 0 aliphatic rings. The Balaban J connectivity index is 2.01. The molecule has 4 aromatic heterocycles. The molecule has 7 heteroatoms. The van der Waals surface area contributed by atoms with E-state index in [0.29, 0.717) is 0 Å². The number of aromatic amines is 1. The SMILES string of the molecule is Cc1nn(C)cc1-c1cn2nccc2c(-c2cn[nH]c2)n1. The molecular formula is C14H13N7. The molecule has 0 atom stereocenters. The Hall–Kier alpha value is -2.96. The van der Waals surface area contributed by atoms with E-state index >= 15 is 0 Å². The molecule has 0 saturated heterocycles. The maximum absolute atomic E-state index is 4.79. The predicted molar refractivity (Wildman–Crippen MR) is 77.5 cm³/mol. The van der Waals surface area contributed by atoms with Gasteiger partial charge in [0.05, 0.1) is 41.2 Å². The van der Waals surface area contributed by atoms with Crippen molar-refractivity contribution in [2.45, 2.75) is 6.92 Å². The van der Waals surface area contributed by atoms with Gasteiger partial charge in [0.15, 0.2) is 0 Å². The van der Waals surface area contributed by atoms with Crippen LogP contribution in [-0.2, 0) is 7.05 Å². The number of H-pyrrole nitrogens is 1. The molecule has 4 heterocycles. The Morgan fingerprint density at radius 1 is 1.24 bits per heavy atom. The summed E-state index contributed by atoms with van der Waals surface area (Å²) in [6.45, 7) is 1.97. The van der Waals surface area contributed by atoms with E-state index in [1.807, 2.05) is 43.1 Å². The van der Waals surface area contributed by atoms with Gasteiger partial charge in [0.1, 0.15) is 0 Å². The minimum atomic E-state index is 0.841. The third kappa shape index (κ3) is 1.82. The van der Waals surface area contributed by atoms with Gasteiger partial charge in [0.25, 0.3) is 0 Å². The molecule has 0 bridgehead atoms. The Morgan fingerprint density at radius 3 is 2.86 bits per heavy atom. The van der Waals surface area contributed by atoms with Crippen LogP contribution in [0, 0.1) is 6.92 Å². The first-order valence-corrected chi connectivity index (χ1v) is 6.56. The van der Waals surface area contributed by atoms with Gasteiger partial charge in [-0.05, 0) is 13.0 Å². The lowest BCUT2D eigenvalue weighted by atomic mass is 10.1. The van der Waals surface area contributed by atoms with Crippen molar-refractivity contribution in [2.24, 2.45) is 7.05 Å². The Labute approximate surface area is 120 Å². The largest absolute Gasteiger partial charge is 0.285 e. The molecule has 0 unspecified atom stereocenters. The zero-order valence-corrected chi connectivity index (χ0v) is 11.6. The standard InChI is InChI=1S/C14H13N7/c1-9-11(7-20(2)19-9)12-8-21-13(3-4-17-21)14(18-12)10-5-15-16-6-10/h3-8H,1-2H3,(H,15,16). The average Bonchev–Trinajstić information content (AvgIpc) is 3.17. The molecule has 104 valence electrons. The van der Waals surface area contributed by atoms with Crippen molar-refractivity contribution in [2.75, 3.05) is 0 Å².